The maximum Gasteiger partial charge on any atom is 0.233 e. The van der Waals surface area contributed by atoms with E-state index >= 15 is 0 Å². The lowest BCUT2D eigenvalue weighted by atomic mass is 10.1. The zero-order chi connectivity index (χ0) is 20.9. The van der Waals surface area contributed by atoms with Gasteiger partial charge in [0, 0.05) is 21.3 Å². The van der Waals surface area contributed by atoms with Crippen LogP contribution >= 0.6 is 27.3 Å². The molecule has 0 radical (unpaired) electrons. The van der Waals surface area contributed by atoms with Crippen LogP contribution in [-0.4, -0.2) is 10.9 Å². The number of aromatic nitrogens is 1. The first-order chi connectivity index (χ1) is 14.6. The van der Waals surface area contributed by atoms with Gasteiger partial charge in [-0.2, -0.15) is 0 Å². The molecule has 1 amide bonds. The molecule has 0 aliphatic rings. The van der Waals surface area contributed by atoms with Crippen molar-refractivity contribution in [1.29, 1.82) is 0 Å². The van der Waals surface area contributed by atoms with Gasteiger partial charge in [0.15, 0.2) is 5.13 Å². The minimum absolute atomic E-state index is 0.0270. The third-order valence-corrected chi connectivity index (χ3v) is 6.46. The third-order valence-electron chi connectivity index (χ3n) is 4.84. The van der Waals surface area contributed by atoms with E-state index in [2.05, 4.69) is 35.0 Å². The van der Waals surface area contributed by atoms with E-state index in [0.717, 1.165) is 31.9 Å². The molecule has 0 unspecified atom stereocenters. The average molecular weight is 477 g/mol. The van der Waals surface area contributed by atoms with Gasteiger partial charge >= 0.3 is 0 Å². The Kier molecular flexibility index (Phi) is 6.41. The Morgan fingerprint density at radius 2 is 1.57 bits per heavy atom. The quantitative estimate of drug-likeness (QED) is 0.295. The van der Waals surface area contributed by atoms with Gasteiger partial charge < -0.3 is 0 Å². The molecule has 0 bridgehead atoms. The minimum Gasteiger partial charge on any atom is -0.274 e. The first-order valence-corrected chi connectivity index (χ1v) is 11.4. The molecule has 0 N–H and O–H groups in total. The molecule has 5 heteroatoms. The number of rotatable bonds is 6. The van der Waals surface area contributed by atoms with Crippen LogP contribution in [0.25, 0.3) is 11.3 Å². The summed E-state index contributed by atoms with van der Waals surface area (Å²) < 4.78 is 0.868. The predicted octanol–water partition coefficient (Wildman–Crippen LogP) is 7.18. The van der Waals surface area contributed by atoms with Crippen LogP contribution in [0.15, 0.2) is 89.4 Å². The van der Waals surface area contributed by atoms with Gasteiger partial charge in [0.05, 0.1) is 11.4 Å². The van der Waals surface area contributed by atoms with Crippen LogP contribution in [-0.2, 0) is 11.2 Å². The Balaban J connectivity index is 1.70. The van der Waals surface area contributed by atoms with Gasteiger partial charge in [-0.15, -0.1) is 11.3 Å². The van der Waals surface area contributed by atoms with Gasteiger partial charge in [-0.1, -0.05) is 72.8 Å². The number of hydrogen-bond donors (Lipinski definition) is 0. The molecule has 0 saturated heterocycles. The van der Waals surface area contributed by atoms with Crippen LogP contribution in [0.4, 0.5) is 10.8 Å². The minimum atomic E-state index is 0.0270. The maximum atomic E-state index is 13.4. The summed E-state index contributed by atoms with van der Waals surface area (Å²) in [7, 11) is 0. The first-order valence-electron chi connectivity index (χ1n) is 9.78. The monoisotopic (exact) mass is 476 g/mol. The normalized spacial score (nSPS) is 10.7. The van der Waals surface area contributed by atoms with Gasteiger partial charge in [0.2, 0.25) is 5.91 Å². The van der Waals surface area contributed by atoms with Crippen molar-refractivity contribution < 1.29 is 4.79 Å². The largest absolute Gasteiger partial charge is 0.274 e. The Morgan fingerprint density at radius 3 is 2.27 bits per heavy atom. The molecule has 0 saturated carbocycles. The molecule has 0 aliphatic carbocycles. The van der Waals surface area contributed by atoms with Crippen LogP contribution in [0.3, 0.4) is 0 Å². The number of nitrogens with zero attached hydrogens (tertiary/aromatic N) is 2. The predicted molar refractivity (Wildman–Crippen MR) is 128 cm³/mol. The Hall–Kier alpha value is -2.76. The van der Waals surface area contributed by atoms with Crippen LogP contribution < -0.4 is 4.90 Å². The van der Waals surface area contributed by atoms with E-state index in [1.807, 2.05) is 72.8 Å². The van der Waals surface area contributed by atoms with Crippen molar-refractivity contribution in [2.45, 2.75) is 19.8 Å². The molecule has 1 heterocycles. The number of hydrogen-bond acceptors (Lipinski definition) is 3. The van der Waals surface area contributed by atoms with E-state index in [1.54, 1.807) is 16.2 Å². The lowest BCUT2D eigenvalue weighted by Gasteiger charge is -2.21. The van der Waals surface area contributed by atoms with Crippen molar-refractivity contribution in [2.24, 2.45) is 0 Å². The van der Waals surface area contributed by atoms with Crippen LogP contribution in [0.1, 0.15) is 16.9 Å². The van der Waals surface area contributed by atoms with Crippen LogP contribution in [0.2, 0.25) is 0 Å². The molecule has 3 nitrogen and oxygen atoms in total. The highest BCUT2D eigenvalue weighted by Gasteiger charge is 2.24. The van der Waals surface area contributed by atoms with E-state index in [4.69, 9.17) is 4.98 Å². The topological polar surface area (TPSA) is 33.2 Å². The molecule has 1 aromatic heterocycles. The number of thiazole rings is 1. The van der Waals surface area contributed by atoms with Gasteiger partial charge in [0.25, 0.3) is 0 Å². The lowest BCUT2D eigenvalue weighted by molar-refractivity contribution is -0.117. The van der Waals surface area contributed by atoms with Gasteiger partial charge in [-0.25, -0.2) is 4.98 Å². The molecule has 150 valence electrons. The van der Waals surface area contributed by atoms with E-state index in [1.165, 1.54) is 0 Å². The fourth-order valence-corrected chi connectivity index (χ4v) is 4.75. The number of para-hydroxylation sites is 1. The number of anilines is 2. The van der Waals surface area contributed by atoms with Crippen molar-refractivity contribution >= 4 is 44.0 Å². The summed E-state index contributed by atoms with van der Waals surface area (Å²) in [6.07, 6.45) is 1.10. The number of aryl methyl sites for hydroxylation is 2. The van der Waals surface area contributed by atoms with Gasteiger partial charge in [0.1, 0.15) is 0 Å². The highest BCUT2D eigenvalue weighted by atomic mass is 79.9. The SMILES string of the molecule is Cc1sc(N(C(=O)CCc2ccccc2)c2ccccc2Br)nc1-c1ccccc1. The van der Waals surface area contributed by atoms with Crippen molar-refractivity contribution in [3.8, 4) is 11.3 Å². The van der Waals surface area contributed by atoms with Crippen molar-refractivity contribution in [1.82, 2.24) is 4.98 Å². The van der Waals surface area contributed by atoms with E-state index in [-0.39, 0.29) is 5.91 Å². The summed E-state index contributed by atoms with van der Waals surface area (Å²) >= 11 is 5.16. The first kappa shape index (κ1) is 20.5. The van der Waals surface area contributed by atoms with Gasteiger partial charge in [-0.05, 0) is 47.0 Å². The van der Waals surface area contributed by atoms with Crippen molar-refractivity contribution in [3.63, 3.8) is 0 Å². The average Bonchev–Trinajstić information content (AvgIpc) is 3.16. The summed E-state index contributed by atoms with van der Waals surface area (Å²) in [4.78, 5) is 21.1. The van der Waals surface area contributed by atoms with E-state index in [9.17, 15) is 4.79 Å². The van der Waals surface area contributed by atoms with Crippen LogP contribution in [0.5, 0.6) is 0 Å². The number of amides is 1. The highest BCUT2D eigenvalue weighted by Crippen LogP contribution is 2.38. The third kappa shape index (κ3) is 4.53. The zero-order valence-corrected chi connectivity index (χ0v) is 19.0. The number of benzene rings is 3. The summed E-state index contributed by atoms with van der Waals surface area (Å²) in [6, 6.07) is 28.0. The van der Waals surface area contributed by atoms with Gasteiger partial charge in [-0.3, -0.25) is 9.69 Å². The fraction of sp³-hybridized carbons (Fsp3) is 0.120. The van der Waals surface area contributed by atoms with Crippen LogP contribution in [0, 0.1) is 6.92 Å². The molecule has 3 aromatic carbocycles. The molecule has 0 atom stereocenters. The number of halogens is 1. The molecular weight excluding hydrogens is 456 g/mol. The Bertz CT molecular complexity index is 1140. The molecule has 0 fully saturated rings. The summed E-state index contributed by atoms with van der Waals surface area (Å²) in [5.74, 6) is 0.0270. The number of carbonyl (C=O) groups excluding carboxylic acids is 1. The standard InChI is InChI=1S/C25H21BrN2OS/c1-18-24(20-12-6-3-7-13-20)27-25(30-18)28(22-15-9-8-14-21(22)26)23(29)17-16-19-10-4-2-5-11-19/h2-15H,16-17H2,1H3. The second-order valence-corrected chi connectivity index (χ2v) is 8.97. The molecule has 30 heavy (non-hydrogen) atoms. The van der Waals surface area contributed by atoms with E-state index < -0.39 is 0 Å². The molecule has 4 rings (SSSR count). The summed E-state index contributed by atoms with van der Waals surface area (Å²) in [6.45, 7) is 2.05. The smallest absolute Gasteiger partial charge is 0.233 e. The second kappa shape index (κ2) is 9.37. The van der Waals surface area contributed by atoms with Crippen molar-refractivity contribution in [2.75, 3.05) is 4.90 Å². The molecule has 0 spiro atoms. The Morgan fingerprint density at radius 1 is 0.933 bits per heavy atom. The fourth-order valence-electron chi connectivity index (χ4n) is 3.33. The zero-order valence-electron chi connectivity index (χ0n) is 16.6. The maximum absolute atomic E-state index is 13.4. The molecule has 4 aromatic rings. The Labute approximate surface area is 189 Å². The molecule has 0 aliphatic heterocycles. The van der Waals surface area contributed by atoms with E-state index in [0.29, 0.717) is 18.0 Å². The summed E-state index contributed by atoms with van der Waals surface area (Å²) in [5, 5.41) is 0.691. The van der Waals surface area contributed by atoms with Crippen molar-refractivity contribution in [3.05, 3.63) is 99.8 Å². The highest BCUT2D eigenvalue weighted by molar-refractivity contribution is 9.10. The lowest BCUT2D eigenvalue weighted by Crippen LogP contribution is -2.26. The summed E-state index contributed by atoms with van der Waals surface area (Å²) in [5.41, 5.74) is 3.94. The molecular formula is C25H21BrN2OS. The second-order valence-electron chi connectivity index (χ2n) is 6.93. The number of carbonyl (C=O) groups is 1.